The van der Waals surface area contributed by atoms with Gasteiger partial charge in [-0.2, -0.15) is 0 Å². The number of rotatable bonds is 10. The number of nitrogens with one attached hydrogen (secondary N) is 1. The molecule has 0 unspecified atom stereocenters. The first-order valence-corrected chi connectivity index (χ1v) is 19.0. The van der Waals surface area contributed by atoms with E-state index in [2.05, 4.69) is 32.7 Å². The lowest BCUT2D eigenvalue weighted by atomic mass is 9.99. The zero-order chi connectivity index (χ0) is 37.1. The highest BCUT2D eigenvalue weighted by Crippen LogP contribution is 2.37. The molecule has 1 amide bonds. The molecule has 53 heavy (non-hydrogen) atoms. The summed E-state index contributed by atoms with van der Waals surface area (Å²) in [5, 5.41) is 11.1. The summed E-state index contributed by atoms with van der Waals surface area (Å²) >= 11 is 6.12. The van der Waals surface area contributed by atoms with Gasteiger partial charge in [0.25, 0.3) is 15.9 Å². The minimum atomic E-state index is -4.64. The van der Waals surface area contributed by atoms with Crippen molar-refractivity contribution in [1.82, 2.24) is 14.2 Å². The fraction of sp³-hybridized carbons (Fsp3) is 0.143. The number of nitrogens with zero attached hydrogens (tertiary/aromatic N) is 3. The molecule has 0 aliphatic carbocycles. The predicted octanol–water partition coefficient (Wildman–Crippen LogP) is 7.91. The van der Waals surface area contributed by atoms with Gasteiger partial charge in [0.05, 0.1) is 5.69 Å². The summed E-state index contributed by atoms with van der Waals surface area (Å²) in [6.07, 6.45) is 0. The third-order valence-corrected chi connectivity index (χ3v) is 11.3. The molecule has 1 aliphatic heterocycles. The number of carbonyl (C=O) groups excluding carboxylic acids is 1. The van der Waals surface area contributed by atoms with Gasteiger partial charge >= 0.3 is 5.97 Å². The van der Waals surface area contributed by atoms with E-state index in [1.165, 1.54) is 18.1 Å². The molecular weight excluding hydrogens is 708 g/mol. The highest BCUT2D eigenvalue weighted by atomic mass is 35.5. The minimum absolute atomic E-state index is 0.134. The number of carbonyl (C=O) groups is 2. The molecule has 0 saturated carbocycles. The van der Waals surface area contributed by atoms with E-state index in [9.17, 15) is 23.1 Å². The van der Waals surface area contributed by atoms with Gasteiger partial charge in [-0.25, -0.2) is 17.9 Å². The molecule has 0 bridgehead atoms. The molecule has 268 valence electrons. The molecule has 5 aromatic carbocycles. The van der Waals surface area contributed by atoms with Crippen LogP contribution in [0.3, 0.4) is 0 Å². The highest BCUT2D eigenvalue weighted by molar-refractivity contribution is 7.90. The molecule has 9 nitrogen and oxygen atoms in total. The molecule has 11 heteroatoms. The second-order valence-corrected chi connectivity index (χ2v) is 14.9. The Morgan fingerprint density at radius 1 is 0.717 bits per heavy atom. The van der Waals surface area contributed by atoms with Crippen molar-refractivity contribution in [3.05, 3.63) is 161 Å². The second-order valence-electron chi connectivity index (χ2n) is 12.9. The van der Waals surface area contributed by atoms with Gasteiger partial charge in [-0.3, -0.25) is 9.69 Å². The van der Waals surface area contributed by atoms with Crippen LogP contribution in [-0.4, -0.2) is 61.0 Å². The van der Waals surface area contributed by atoms with E-state index in [0.29, 0.717) is 16.3 Å². The molecule has 1 fully saturated rings. The topological polar surface area (TPSA) is 112 Å². The number of aromatic nitrogens is 1. The van der Waals surface area contributed by atoms with Crippen molar-refractivity contribution in [3.8, 4) is 28.1 Å². The van der Waals surface area contributed by atoms with Crippen molar-refractivity contribution in [2.24, 2.45) is 0 Å². The molecule has 1 saturated heterocycles. The van der Waals surface area contributed by atoms with Crippen LogP contribution in [0.1, 0.15) is 32.0 Å². The van der Waals surface area contributed by atoms with Crippen LogP contribution in [0.15, 0.2) is 138 Å². The number of aromatic carboxylic acids is 1. The van der Waals surface area contributed by atoms with Gasteiger partial charge in [0.2, 0.25) is 0 Å². The second kappa shape index (κ2) is 15.1. The van der Waals surface area contributed by atoms with E-state index in [4.69, 9.17) is 11.6 Å². The number of halogens is 1. The maximum Gasteiger partial charge on any atom is 0.339 e. The number of hydrogen-bond donors (Lipinski definition) is 2. The quantitative estimate of drug-likeness (QED) is 0.147. The van der Waals surface area contributed by atoms with E-state index < -0.39 is 32.4 Å². The first-order chi connectivity index (χ1) is 25.6. The highest BCUT2D eigenvalue weighted by Gasteiger charge is 2.35. The van der Waals surface area contributed by atoms with Gasteiger partial charge in [-0.05, 0) is 77.7 Å². The SMILES string of the molecule is Cc1c(S(=O)(=O)NC(=O)c2ccc(N3CCN(Cc4ccccc4-c4ccc(Cl)cc4)CC3)cc2)c(C(=O)O)c(-c2ccccc2)n1-c1ccccc1. The van der Waals surface area contributed by atoms with Crippen LogP contribution in [0, 0.1) is 6.92 Å². The van der Waals surface area contributed by atoms with Crippen molar-refractivity contribution in [1.29, 1.82) is 0 Å². The van der Waals surface area contributed by atoms with E-state index >= 15 is 0 Å². The first kappa shape index (κ1) is 35.7. The fourth-order valence-electron chi connectivity index (χ4n) is 7.00. The smallest absolute Gasteiger partial charge is 0.339 e. The largest absolute Gasteiger partial charge is 0.478 e. The Balaban J connectivity index is 1.07. The Morgan fingerprint density at radius 2 is 1.32 bits per heavy atom. The van der Waals surface area contributed by atoms with E-state index in [1.54, 1.807) is 83.4 Å². The third-order valence-electron chi connectivity index (χ3n) is 9.56. The molecule has 1 aromatic heterocycles. The van der Waals surface area contributed by atoms with Crippen LogP contribution in [0.4, 0.5) is 5.69 Å². The summed E-state index contributed by atoms with van der Waals surface area (Å²) in [5.74, 6) is -2.28. The average molecular weight is 745 g/mol. The Labute approximate surface area is 313 Å². The molecule has 7 rings (SSSR count). The standard InChI is InChI=1S/C42H37ClN4O5S/c1-29-40(38(42(49)50)39(31-10-4-2-5-11-31)47(29)36-13-6-3-7-14-36)53(51,52)44-41(48)32-18-22-35(23-19-32)46-26-24-45(25-27-46)28-33-12-8-9-15-37(33)30-16-20-34(43)21-17-30/h2-23H,24-28H2,1H3,(H,44,48)(H,49,50). The van der Waals surface area contributed by atoms with Crippen LogP contribution in [-0.2, 0) is 16.6 Å². The van der Waals surface area contributed by atoms with Gasteiger partial charge < -0.3 is 14.6 Å². The number of hydrogen-bond acceptors (Lipinski definition) is 6. The summed E-state index contributed by atoms with van der Waals surface area (Å²) < 4.78 is 31.7. The van der Waals surface area contributed by atoms with Crippen molar-refractivity contribution in [2.75, 3.05) is 31.1 Å². The predicted molar refractivity (Wildman–Crippen MR) is 208 cm³/mol. The Kier molecular flexibility index (Phi) is 10.2. The molecular formula is C42H37ClN4O5S. The Bertz CT molecular complexity index is 2370. The zero-order valence-electron chi connectivity index (χ0n) is 28.9. The summed E-state index contributed by atoms with van der Waals surface area (Å²) in [6.45, 7) is 5.59. The van der Waals surface area contributed by atoms with E-state index in [1.807, 2.05) is 36.4 Å². The van der Waals surface area contributed by atoms with Crippen molar-refractivity contribution < 1.29 is 23.1 Å². The number of sulfonamides is 1. The van der Waals surface area contributed by atoms with Crippen molar-refractivity contribution in [3.63, 3.8) is 0 Å². The van der Waals surface area contributed by atoms with Gasteiger partial charge in [-0.1, -0.05) is 96.5 Å². The number of anilines is 1. The van der Waals surface area contributed by atoms with E-state index in [-0.39, 0.29) is 17.0 Å². The van der Waals surface area contributed by atoms with Crippen molar-refractivity contribution >= 4 is 39.2 Å². The maximum absolute atomic E-state index is 14.0. The Hall–Kier alpha value is -5.68. The van der Waals surface area contributed by atoms with Gasteiger partial charge in [0.15, 0.2) is 0 Å². The molecule has 0 spiro atoms. The fourth-order valence-corrected chi connectivity index (χ4v) is 8.52. The number of benzene rings is 5. The molecule has 2 N–H and O–H groups in total. The van der Waals surface area contributed by atoms with Gasteiger partial charge in [0.1, 0.15) is 10.5 Å². The van der Waals surface area contributed by atoms with Crippen LogP contribution in [0.25, 0.3) is 28.1 Å². The molecule has 1 aliphatic rings. The Morgan fingerprint density at radius 3 is 1.96 bits per heavy atom. The monoisotopic (exact) mass is 744 g/mol. The number of piperazine rings is 1. The number of carboxylic acid groups (broad SMARTS) is 1. The first-order valence-electron chi connectivity index (χ1n) is 17.2. The van der Waals surface area contributed by atoms with Crippen LogP contribution >= 0.6 is 11.6 Å². The third kappa shape index (κ3) is 7.48. The van der Waals surface area contributed by atoms with Crippen molar-refractivity contribution in [2.45, 2.75) is 18.4 Å². The summed E-state index contributed by atoms with van der Waals surface area (Å²) in [4.78, 5) is 30.4. The molecule has 6 aromatic rings. The number of amides is 1. The summed E-state index contributed by atoms with van der Waals surface area (Å²) in [5.41, 5.74) is 5.65. The lowest BCUT2D eigenvalue weighted by molar-refractivity contribution is 0.0693. The van der Waals surface area contributed by atoms with Gasteiger partial charge in [-0.15, -0.1) is 0 Å². The maximum atomic E-state index is 14.0. The van der Waals surface area contributed by atoms with E-state index in [0.717, 1.165) is 44.0 Å². The van der Waals surface area contributed by atoms with Crippen LogP contribution in [0.2, 0.25) is 5.02 Å². The number of para-hydroxylation sites is 1. The summed E-state index contributed by atoms with van der Waals surface area (Å²) in [6, 6.07) is 40.7. The normalized spacial score (nSPS) is 13.5. The summed E-state index contributed by atoms with van der Waals surface area (Å²) in [7, 11) is -4.64. The average Bonchev–Trinajstić information content (AvgIpc) is 3.50. The lowest BCUT2D eigenvalue weighted by Crippen LogP contribution is -2.46. The zero-order valence-corrected chi connectivity index (χ0v) is 30.5. The van der Waals surface area contributed by atoms with Crippen LogP contribution < -0.4 is 9.62 Å². The van der Waals surface area contributed by atoms with Crippen LogP contribution in [0.5, 0.6) is 0 Å². The molecule has 2 heterocycles. The number of carboxylic acids is 1. The minimum Gasteiger partial charge on any atom is -0.478 e. The molecule has 0 atom stereocenters. The lowest BCUT2D eigenvalue weighted by Gasteiger charge is -2.36. The molecule has 0 radical (unpaired) electrons. The van der Waals surface area contributed by atoms with Gasteiger partial charge in [0, 0.05) is 60.4 Å².